The maximum atomic E-state index is 12.5. The first-order valence-corrected chi connectivity index (χ1v) is 11.4. The van der Waals surface area contributed by atoms with Gasteiger partial charge in [-0.15, -0.1) is 0 Å². The van der Waals surface area contributed by atoms with Crippen molar-refractivity contribution < 1.29 is 29.5 Å². The minimum Gasteiger partial charge on any atom is -0.481 e. The topological polar surface area (TPSA) is 197 Å². The van der Waals surface area contributed by atoms with E-state index >= 15 is 0 Å². The van der Waals surface area contributed by atoms with Gasteiger partial charge in [0.1, 0.15) is 6.04 Å². The molecule has 8 N–H and O–H groups in total. The van der Waals surface area contributed by atoms with Crippen LogP contribution in [-0.2, 0) is 20.9 Å². The van der Waals surface area contributed by atoms with Crippen LogP contribution >= 0.6 is 0 Å². The Balaban J connectivity index is 2.24. The van der Waals surface area contributed by atoms with E-state index in [9.17, 15) is 19.2 Å². The van der Waals surface area contributed by atoms with Crippen LogP contribution in [0.3, 0.4) is 0 Å². The summed E-state index contributed by atoms with van der Waals surface area (Å²) >= 11 is 0. The van der Waals surface area contributed by atoms with Crippen LogP contribution < -0.4 is 22.3 Å². The van der Waals surface area contributed by atoms with Crippen molar-refractivity contribution in [3.05, 3.63) is 35.4 Å². The van der Waals surface area contributed by atoms with E-state index in [4.69, 9.17) is 21.8 Å². The van der Waals surface area contributed by atoms with Crippen molar-refractivity contribution in [3.63, 3.8) is 0 Å². The molecule has 34 heavy (non-hydrogen) atoms. The largest absolute Gasteiger partial charge is 0.481 e. The summed E-state index contributed by atoms with van der Waals surface area (Å²) in [5.74, 6) is -2.27. The average Bonchev–Trinajstić information content (AvgIpc) is 2.81. The Kier molecular flexibility index (Phi) is 13.6. The Labute approximate surface area is 198 Å². The van der Waals surface area contributed by atoms with E-state index in [-0.39, 0.29) is 43.5 Å². The summed E-state index contributed by atoms with van der Waals surface area (Å²) in [5, 5.41) is 19.9. The molecule has 1 aromatic carbocycles. The summed E-state index contributed by atoms with van der Waals surface area (Å²) in [6, 6.07) is 6.18. The summed E-state index contributed by atoms with van der Waals surface area (Å²) in [6.07, 6.45) is 5.15. The summed E-state index contributed by atoms with van der Waals surface area (Å²) < 4.78 is 0. The number of nitrogens with one attached hydrogen (secondary N) is 2. The molecular weight excluding hydrogens is 442 g/mol. The minimum atomic E-state index is -1.10. The second kappa shape index (κ2) is 16.2. The minimum absolute atomic E-state index is 0.0200. The smallest absolute Gasteiger partial charge is 0.303 e. The molecule has 0 heterocycles. The molecule has 0 aliphatic heterocycles. The first-order valence-electron chi connectivity index (χ1n) is 11.4. The van der Waals surface area contributed by atoms with E-state index in [0.717, 1.165) is 37.7 Å². The number of benzene rings is 1. The Morgan fingerprint density at radius 3 is 2.15 bits per heavy atom. The van der Waals surface area contributed by atoms with Gasteiger partial charge in [-0.3, -0.25) is 24.4 Å². The molecule has 0 aliphatic rings. The quantitative estimate of drug-likeness (QED) is 0.0485. The Morgan fingerprint density at radius 1 is 0.912 bits per heavy atom. The third-order valence-corrected chi connectivity index (χ3v) is 5.22. The number of nitrogens with zero attached hydrogens (tertiary/aromatic N) is 1. The van der Waals surface area contributed by atoms with Gasteiger partial charge >= 0.3 is 5.97 Å². The van der Waals surface area contributed by atoms with E-state index in [0.29, 0.717) is 18.4 Å². The number of carbonyl (C=O) groups is 4. The molecule has 0 spiro atoms. The third-order valence-electron chi connectivity index (χ3n) is 5.22. The lowest BCUT2D eigenvalue weighted by molar-refractivity contribution is -0.139. The van der Waals surface area contributed by atoms with Crippen LogP contribution in [0.2, 0.25) is 0 Å². The highest BCUT2D eigenvalue weighted by Crippen LogP contribution is 2.16. The summed E-state index contributed by atoms with van der Waals surface area (Å²) in [5.41, 5.74) is 13.6. The second-order valence-electron chi connectivity index (χ2n) is 7.97. The van der Waals surface area contributed by atoms with E-state index < -0.39 is 17.9 Å². The number of hydroxylamine groups is 1. The number of aliphatic imine (C=N–C) groups is 1. The molecule has 1 aromatic rings. The summed E-state index contributed by atoms with van der Waals surface area (Å²) in [6.45, 7) is 0.267. The molecule has 188 valence electrons. The maximum absolute atomic E-state index is 12.5. The van der Waals surface area contributed by atoms with E-state index in [2.05, 4.69) is 10.3 Å². The monoisotopic (exact) mass is 477 g/mol. The van der Waals surface area contributed by atoms with Crippen molar-refractivity contribution in [1.29, 1.82) is 0 Å². The highest BCUT2D eigenvalue weighted by Gasteiger charge is 2.21. The van der Waals surface area contributed by atoms with Gasteiger partial charge in [0.05, 0.1) is 6.54 Å². The molecule has 0 fully saturated rings. The number of carboxylic acids is 1. The number of nitrogens with two attached hydrogens (primary N) is 2. The lowest BCUT2D eigenvalue weighted by atomic mass is 9.99. The lowest BCUT2D eigenvalue weighted by Gasteiger charge is -2.15. The fourth-order valence-corrected chi connectivity index (χ4v) is 3.40. The van der Waals surface area contributed by atoms with Crippen LogP contribution in [0.1, 0.15) is 80.1 Å². The van der Waals surface area contributed by atoms with Crippen molar-refractivity contribution in [3.8, 4) is 0 Å². The number of carbonyl (C=O) groups excluding carboxylic acids is 3. The predicted molar refractivity (Wildman–Crippen MR) is 126 cm³/mol. The van der Waals surface area contributed by atoms with Crippen molar-refractivity contribution in [2.75, 3.05) is 0 Å². The van der Waals surface area contributed by atoms with Crippen LogP contribution in [-0.4, -0.2) is 45.9 Å². The van der Waals surface area contributed by atoms with E-state index in [1.165, 1.54) is 5.48 Å². The Hall–Kier alpha value is -3.47. The molecule has 1 rings (SSSR count). The fourth-order valence-electron chi connectivity index (χ4n) is 3.40. The van der Waals surface area contributed by atoms with Crippen LogP contribution in [0, 0.1) is 0 Å². The van der Waals surface area contributed by atoms with Crippen molar-refractivity contribution in [1.82, 2.24) is 10.8 Å². The highest BCUT2D eigenvalue weighted by atomic mass is 16.5. The number of aliphatic carboxylic acids is 1. The number of unbranched alkanes of at least 4 members (excludes halogenated alkanes) is 5. The van der Waals surface area contributed by atoms with Crippen LogP contribution in [0.5, 0.6) is 0 Å². The number of amides is 2. The average molecular weight is 478 g/mol. The van der Waals surface area contributed by atoms with Crippen LogP contribution in [0.15, 0.2) is 29.3 Å². The molecule has 2 amide bonds. The SMILES string of the molecule is NC(N)=NCc1ccccc1C(=O)CCCCCCCCC(=O)NC(CCC(=O)O)C(=O)NO. The number of Topliss-reactive ketones (excluding diaryl/α,β-unsaturated/α-hetero) is 1. The maximum Gasteiger partial charge on any atom is 0.303 e. The standard InChI is InChI=1S/C23H35N5O6/c24-23(25)26-15-16-9-7-8-10-17(16)19(29)11-5-3-1-2-4-6-12-20(30)27-18(22(33)28-34)13-14-21(31)32/h7-10,18,34H,1-6,11-15H2,(H,27,30)(H,28,33)(H,31,32)(H4,24,25,26). The molecule has 0 aromatic heterocycles. The van der Waals surface area contributed by atoms with Gasteiger partial charge in [0, 0.05) is 24.8 Å². The number of carboxylic acid groups (broad SMARTS) is 1. The van der Waals surface area contributed by atoms with Gasteiger partial charge in [-0.25, -0.2) is 10.5 Å². The van der Waals surface area contributed by atoms with Gasteiger partial charge in [-0.1, -0.05) is 49.9 Å². The number of hydrogen-bond acceptors (Lipinski definition) is 6. The first kappa shape index (κ1) is 28.6. The molecule has 1 atom stereocenters. The molecule has 1 unspecified atom stereocenters. The van der Waals surface area contributed by atoms with Gasteiger partial charge in [-0.05, 0) is 24.8 Å². The number of rotatable bonds is 17. The highest BCUT2D eigenvalue weighted by molar-refractivity contribution is 5.97. The Morgan fingerprint density at radius 2 is 1.53 bits per heavy atom. The summed E-state index contributed by atoms with van der Waals surface area (Å²) in [4.78, 5) is 50.7. The van der Waals surface area contributed by atoms with Gasteiger partial charge in [0.25, 0.3) is 5.91 Å². The van der Waals surface area contributed by atoms with Gasteiger partial charge in [-0.2, -0.15) is 0 Å². The molecule has 0 saturated carbocycles. The number of ketones is 1. The second-order valence-corrected chi connectivity index (χ2v) is 7.97. The van der Waals surface area contributed by atoms with E-state index in [1.807, 2.05) is 18.2 Å². The molecule has 0 saturated heterocycles. The zero-order valence-electron chi connectivity index (χ0n) is 19.3. The van der Waals surface area contributed by atoms with Gasteiger partial charge in [0.2, 0.25) is 5.91 Å². The Bertz CT molecular complexity index is 854. The summed E-state index contributed by atoms with van der Waals surface area (Å²) in [7, 11) is 0. The third kappa shape index (κ3) is 12.0. The lowest BCUT2D eigenvalue weighted by Crippen LogP contribution is -2.46. The molecule has 0 bridgehead atoms. The zero-order chi connectivity index (χ0) is 25.3. The number of hydrogen-bond donors (Lipinski definition) is 6. The van der Waals surface area contributed by atoms with Gasteiger partial charge in [0.15, 0.2) is 11.7 Å². The van der Waals surface area contributed by atoms with Crippen LogP contribution in [0.25, 0.3) is 0 Å². The van der Waals surface area contributed by atoms with Crippen molar-refractivity contribution in [2.45, 2.75) is 76.8 Å². The first-order chi connectivity index (χ1) is 16.2. The molecule has 0 radical (unpaired) electrons. The molecule has 11 nitrogen and oxygen atoms in total. The molecule has 0 aliphatic carbocycles. The van der Waals surface area contributed by atoms with Crippen molar-refractivity contribution >= 4 is 29.5 Å². The zero-order valence-corrected chi connectivity index (χ0v) is 19.3. The molecular formula is C23H35N5O6. The molecule has 11 heteroatoms. The van der Waals surface area contributed by atoms with Crippen molar-refractivity contribution in [2.24, 2.45) is 16.5 Å². The predicted octanol–water partition coefficient (Wildman–Crippen LogP) is 1.62. The normalized spacial score (nSPS) is 11.3. The van der Waals surface area contributed by atoms with Crippen LogP contribution in [0.4, 0.5) is 0 Å². The fraction of sp³-hybridized carbons (Fsp3) is 0.522. The van der Waals surface area contributed by atoms with Gasteiger partial charge < -0.3 is 21.9 Å². The number of guanidine groups is 1. The van der Waals surface area contributed by atoms with E-state index in [1.54, 1.807) is 6.07 Å².